The molecule has 1 amide bonds. The first-order chi connectivity index (χ1) is 12.5. The predicted molar refractivity (Wildman–Crippen MR) is 98.2 cm³/mol. The van der Waals surface area contributed by atoms with Crippen molar-refractivity contribution in [2.45, 2.75) is 6.54 Å². The molecule has 0 unspecified atom stereocenters. The van der Waals surface area contributed by atoms with E-state index in [0.29, 0.717) is 28.5 Å². The molecule has 2 N–H and O–H groups in total. The van der Waals surface area contributed by atoms with Gasteiger partial charge in [-0.2, -0.15) is 0 Å². The monoisotopic (exact) mass is 369 g/mol. The van der Waals surface area contributed by atoms with E-state index in [2.05, 4.69) is 10.3 Å². The Labute approximate surface area is 155 Å². The highest BCUT2D eigenvalue weighted by atomic mass is 35.5. The van der Waals surface area contributed by atoms with Crippen LogP contribution in [0.3, 0.4) is 0 Å². The number of amides is 1. The van der Waals surface area contributed by atoms with Crippen LogP contribution in [0.25, 0.3) is 11.4 Å². The fourth-order valence-corrected chi connectivity index (χ4v) is 2.82. The number of carboxylic acid groups (broad SMARTS) is 1. The van der Waals surface area contributed by atoms with Crippen molar-refractivity contribution >= 4 is 23.5 Å². The Balaban J connectivity index is 1.78. The summed E-state index contributed by atoms with van der Waals surface area (Å²) in [5.74, 6) is -0.812. The topological polar surface area (TPSA) is 84.2 Å². The van der Waals surface area contributed by atoms with E-state index >= 15 is 0 Å². The molecule has 0 saturated heterocycles. The molecular formula is C19H16ClN3O3. The number of halogens is 1. The summed E-state index contributed by atoms with van der Waals surface area (Å²) in [6, 6.07) is 14.2. The van der Waals surface area contributed by atoms with Gasteiger partial charge in [0.15, 0.2) is 0 Å². The van der Waals surface area contributed by atoms with Crippen LogP contribution in [0.15, 0.2) is 54.7 Å². The first kappa shape index (κ1) is 17.7. The standard InChI is InChI=1S/C19H16ClN3O3/c1-23-16(19(25)26)11-21-17(23)13-5-3-6-14(9-13)18(24)22-10-12-4-2-7-15(20)8-12/h2-9,11H,10H2,1H3,(H,22,24)(H,25,26). The molecule has 0 aliphatic heterocycles. The second kappa shape index (κ2) is 7.41. The van der Waals surface area contributed by atoms with Crippen molar-refractivity contribution in [2.24, 2.45) is 7.05 Å². The van der Waals surface area contributed by atoms with Crippen molar-refractivity contribution in [3.8, 4) is 11.4 Å². The molecule has 1 aromatic heterocycles. The zero-order valence-corrected chi connectivity index (χ0v) is 14.7. The molecule has 26 heavy (non-hydrogen) atoms. The van der Waals surface area contributed by atoms with Crippen molar-refractivity contribution in [3.63, 3.8) is 0 Å². The van der Waals surface area contributed by atoms with Gasteiger partial charge >= 0.3 is 5.97 Å². The largest absolute Gasteiger partial charge is 0.477 e. The Kier molecular flexibility index (Phi) is 5.04. The molecule has 0 spiro atoms. The fourth-order valence-electron chi connectivity index (χ4n) is 2.61. The van der Waals surface area contributed by atoms with Crippen LogP contribution in [-0.2, 0) is 13.6 Å². The lowest BCUT2D eigenvalue weighted by Gasteiger charge is -2.08. The smallest absolute Gasteiger partial charge is 0.354 e. The first-order valence-electron chi connectivity index (χ1n) is 7.84. The van der Waals surface area contributed by atoms with Gasteiger partial charge < -0.3 is 15.0 Å². The number of rotatable bonds is 5. The van der Waals surface area contributed by atoms with Crippen LogP contribution < -0.4 is 5.32 Å². The van der Waals surface area contributed by atoms with Gasteiger partial charge in [0.2, 0.25) is 0 Å². The van der Waals surface area contributed by atoms with Crippen LogP contribution in [0.1, 0.15) is 26.4 Å². The third-order valence-electron chi connectivity index (χ3n) is 3.93. The summed E-state index contributed by atoms with van der Waals surface area (Å²) in [6.07, 6.45) is 1.30. The molecule has 1 heterocycles. The van der Waals surface area contributed by atoms with Gasteiger partial charge in [-0.15, -0.1) is 0 Å². The summed E-state index contributed by atoms with van der Waals surface area (Å²) in [5.41, 5.74) is 2.10. The lowest BCUT2D eigenvalue weighted by molar-refractivity contribution is 0.0686. The summed E-state index contributed by atoms with van der Waals surface area (Å²) < 4.78 is 1.48. The Morgan fingerprint density at radius 3 is 2.65 bits per heavy atom. The van der Waals surface area contributed by atoms with Gasteiger partial charge in [-0.1, -0.05) is 35.9 Å². The molecule has 0 aliphatic rings. The third-order valence-corrected chi connectivity index (χ3v) is 4.17. The van der Waals surface area contributed by atoms with Gasteiger partial charge in [0, 0.05) is 29.7 Å². The molecule has 2 aromatic carbocycles. The lowest BCUT2D eigenvalue weighted by Crippen LogP contribution is -2.22. The van der Waals surface area contributed by atoms with Gasteiger partial charge in [0.25, 0.3) is 5.91 Å². The summed E-state index contributed by atoms with van der Waals surface area (Å²) in [6.45, 7) is 0.356. The molecule has 3 rings (SSSR count). The van der Waals surface area contributed by atoms with Crippen LogP contribution in [0.5, 0.6) is 0 Å². The van der Waals surface area contributed by atoms with Gasteiger partial charge in [-0.25, -0.2) is 9.78 Å². The van der Waals surface area contributed by atoms with Gasteiger partial charge in [0.05, 0.1) is 6.20 Å². The van der Waals surface area contributed by atoms with E-state index in [1.165, 1.54) is 10.8 Å². The molecule has 0 aliphatic carbocycles. The maximum atomic E-state index is 12.4. The Morgan fingerprint density at radius 1 is 1.19 bits per heavy atom. The van der Waals surface area contributed by atoms with Gasteiger partial charge in [-0.3, -0.25) is 4.79 Å². The van der Waals surface area contributed by atoms with Crippen LogP contribution in [0.2, 0.25) is 5.02 Å². The van der Waals surface area contributed by atoms with Crippen LogP contribution in [-0.4, -0.2) is 26.5 Å². The molecule has 0 radical (unpaired) electrons. The average molecular weight is 370 g/mol. The minimum absolute atomic E-state index is 0.0795. The molecule has 0 bridgehead atoms. The highest BCUT2D eigenvalue weighted by Crippen LogP contribution is 2.20. The van der Waals surface area contributed by atoms with Crippen LogP contribution in [0.4, 0.5) is 0 Å². The van der Waals surface area contributed by atoms with E-state index in [9.17, 15) is 9.59 Å². The second-order valence-electron chi connectivity index (χ2n) is 5.72. The number of nitrogens with one attached hydrogen (secondary N) is 1. The van der Waals surface area contributed by atoms with E-state index in [1.54, 1.807) is 43.4 Å². The average Bonchev–Trinajstić information content (AvgIpc) is 3.01. The Morgan fingerprint density at radius 2 is 1.96 bits per heavy atom. The number of nitrogens with zero attached hydrogens (tertiary/aromatic N) is 2. The van der Waals surface area contributed by atoms with Gasteiger partial charge in [0.1, 0.15) is 11.5 Å². The molecule has 0 saturated carbocycles. The van der Waals surface area contributed by atoms with E-state index in [0.717, 1.165) is 5.56 Å². The van der Waals surface area contributed by atoms with Crippen molar-refractivity contribution in [1.29, 1.82) is 0 Å². The van der Waals surface area contributed by atoms with E-state index < -0.39 is 5.97 Å². The number of hydrogen-bond donors (Lipinski definition) is 2. The van der Waals surface area contributed by atoms with Crippen molar-refractivity contribution in [2.75, 3.05) is 0 Å². The number of carbonyl (C=O) groups excluding carboxylic acids is 1. The number of hydrogen-bond acceptors (Lipinski definition) is 3. The van der Waals surface area contributed by atoms with E-state index in [-0.39, 0.29) is 11.6 Å². The van der Waals surface area contributed by atoms with Crippen LogP contribution >= 0.6 is 11.6 Å². The Hall–Kier alpha value is -3.12. The fraction of sp³-hybridized carbons (Fsp3) is 0.105. The zero-order valence-electron chi connectivity index (χ0n) is 13.9. The molecule has 7 heteroatoms. The minimum Gasteiger partial charge on any atom is -0.477 e. The maximum Gasteiger partial charge on any atom is 0.354 e. The molecular weight excluding hydrogens is 354 g/mol. The molecule has 0 fully saturated rings. The number of carbonyl (C=O) groups is 2. The van der Waals surface area contributed by atoms with E-state index in [4.69, 9.17) is 16.7 Å². The van der Waals surface area contributed by atoms with Crippen molar-refractivity contribution < 1.29 is 14.7 Å². The highest BCUT2D eigenvalue weighted by Gasteiger charge is 2.15. The minimum atomic E-state index is -1.05. The number of aromatic nitrogens is 2. The maximum absolute atomic E-state index is 12.4. The number of benzene rings is 2. The second-order valence-corrected chi connectivity index (χ2v) is 6.16. The van der Waals surface area contributed by atoms with Gasteiger partial charge in [-0.05, 0) is 29.8 Å². The molecule has 0 atom stereocenters. The normalized spacial score (nSPS) is 10.5. The molecule has 6 nitrogen and oxygen atoms in total. The summed E-state index contributed by atoms with van der Waals surface area (Å²) >= 11 is 5.94. The summed E-state index contributed by atoms with van der Waals surface area (Å²) in [5, 5.41) is 12.6. The zero-order chi connectivity index (χ0) is 18.7. The number of carboxylic acids is 1. The summed E-state index contributed by atoms with van der Waals surface area (Å²) in [4.78, 5) is 27.7. The quantitative estimate of drug-likeness (QED) is 0.722. The number of aromatic carboxylic acids is 1. The van der Waals surface area contributed by atoms with Crippen molar-refractivity contribution in [1.82, 2.24) is 14.9 Å². The first-order valence-corrected chi connectivity index (χ1v) is 8.21. The Bertz CT molecular complexity index is 982. The predicted octanol–water partition coefficient (Wildman–Crippen LogP) is 3.37. The van der Waals surface area contributed by atoms with Crippen LogP contribution in [0, 0.1) is 0 Å². The molecule has 132 valence electrons. The summed E-state index contributed by atoms with van der Waals surface area (Å²) in [7, 11) is 1.62. The number of imidazole rings is 1. The lowest BCUT2D eigenvalue weighted by atomic mass is 10.1. The SMILES string of the molecule is Cn1c(C(=O)O)cnc1-c1cccc(C(=O)NCc2cccc(Cl)c2)c1. The molecule has 3 aromatic rings. The third kappa shape index (κ3) is 3.75. The highest BCUT2D eigenvalue weighted by molar-refractivity contribution is 6.30. The van der Waals surface area contributed by atoms with Crippen molar-refractivity contribution in [3.05, 3.63) is 76.6 Å². The van der Waals surface area contributed by atoms with E-state index in [1.807, 2.05) is 12.1 Å².